The van der Waals surface area contributed by atoms with E-state index in [2.05, 4.69) is 15.6 Å². The van der Waals surface area contributed by atoms with Gasteiger partial charge < -0.3 is 10.1 Å². The highest BCUT2D eigenvalue weighted by atomic mass is 32.2. The number of ether oxygens (including phenoxy) is 1. The highest BCUT2D eigenvalue weighted by Gasteiger charge is 2.33. The first-order chi connectivity index (χ1) is 14.7. The van der Waals surface area contributed by atoms with Gasteiger partial charge in [-0.1, -0.05) is 31.2 Å². The first kappa shape index (κ1) is 22.9. The van der Waals surface area contributed by atoms with Crippen molar-refractivity contribution in [3.05, 3.63) is 41.7 Å². The molecule has 1 fully saturated rings. The van der Waals surface area contributed by atoms with Crippen molar-refractivity contribution in [3.8, 4) is 0 Å². The zero-order valence-corrected chi connectivity index (χ0v) is 18.6. The Morgan fingerprint density at radius 3 is 2.55 bits per heavy atom. The van der Waals surface area contributed by atoms with Crippen LogP contribution < -0.4 is 5.32 Å². The number of carbonyl (C=O) groups is 2. The average Bonchev–Trinajstić information content (AvgIpc) is 3.27. The van der Waals surface area contributed by atoms with Gasteiger partial charge in [-0.25, -0.2) is 17.9 Å². The predicted octanol–water partition coefficient (Wildman–Crippen LogP) is 1.48. The van der Waals surface area contributed by atoms with Crippen LogP contribution in [0.2, 0.25) is 0 Å². The summed E-state index contributed by atoms with van der Waals surface area (Å²) in [7, 11) is -2.64. The molecule has 1 saturated heterocycles. The minimum Gasteiger partial charge on any atom is -0.465 e. The normalized spacial score (nSPS) is 15.7. The number of esters is 1. The molecule has 0 spiro atoms. The molecule has 1 N–H and O–H groups in total. The van der Waals surface area contributed by atoms with Crippen molar-refractivity contribution in [1.29, 1.82) is 0 Å². The van der Waals surface area contributed by atoms with E-state index in [-0.39, 0.29) is 41.2 Å². The maximum Gasteiger partial charge on any atom is 0.339 e. The van der Waals surface area contributed by atoms with Gasteiger partial charge in [-0.15, -0.1) is 5.10 Å². The number of carbonyl (C=O) groups excluding carboxylic acids is 2. The molecule has 1 aromatic heterocycles. The van der Waals surface area contributed by atoms with Crippen molar-refractivity contribution < 1.29 is 22.7 Å². The minimum absolute atomic E-state index is 0.0143. The maximum atomic E-state index is 13.1. The third-order valence-electron chi connectivity index (χ3n) is 5.12. The van der Waals surface area contributed by atoms with Crippen LogP contribution >= 0.6 is 0 Å². The van der Waals surface area contributed by atoms with Crippen molar-refractivity contribution in [1.82, 2.24) is 24.6 Å². The van der Waals surface area contributed by atoms with Gasteiger partial charge in [0.1, 0.15) is 0 Å². The molecular weight excluding hydrogens is 422 g/mol. The Bertz CT molecular complexity index is 1040. The van der Waals surface area contributed by atoms with E-state index in [1.165, 1.54) is 23.5 Å². The second-order valence-electron chi connectivity index (χ2n) is 7.81. The molecule has 0 unspecified atom stereocenters. The molecule has 11 heteroatoms. The molecule has 31 heavy (non-hydrogen) atoms. The summed E-state index contributed by atoms with van der Waals surface area (Å²) in [5.41, 5.74) is 0.253. The summed E-state index contributed by atoms with van der Waals surface area (Å²) < 4.78 is 33.9. The monoisotopic (exact) mass is 449 g/mol. The molecule has 0 atom stereocenters. The third kappa shape index (κ3) is 5.10. The van der Waals surface area contributed by atoms with Gasteiger partial charge in [0.15, 0.2) is 5.69 Å². The Balaban J connectivity index is 1.68. The number of amides is 1. The fraction of sp³-hybridized carbons (Fsp3) is 0.500. The summed E-state index contributed by atoms with van der Waals surface area (Å²) in [5, 5.41) is 10.8. The van der Waals surface area contributed by atoms with Crippen LogP contribution in [0.5, 0.6) is 0 Å². The maximum absolute atomic E-state index is 13.1. The van der Waals surface area contributed by atoms with Gasteiger partial charge in [0.2, 0.25) is 10.0 Å². The molecule has 1 aliphatic rings. The molecule has 0 radical (unpaired) electrons. The Kier molecular flexibility index (Phi) is 7.06. The highest BCUT2D eigenvalue weighted by molar-refractivity contribution is 7.89. The molecule has 1 aromatic carbocycles. The second-order valence-corrected chi connectivity index (χ2v) is 9.72. The van der Waals surface area contributed by atoms with E-state index in [4.69, 9.17) is 4.74 Å². The van der Waals surface area contributed by atoms with Crippen LogP contribution in [0.15, 0.2) is 35.4 Å². The number of hydrogen-bond acceptors (Lipinski definition) is 7. The topological polar surface area (TPSA) is 123 Å². The molecule has 0 bridgehead atoms. The number of hydrogen-bond donors (Lipinski definition) is 1. The molecule has 168 valence electrons. The molecule has 0 saturated carbocycles. The third-order valence-corrected chi connectivity index (χ3v) is 7.08. The molecule has 1 aliphatic heterocycles. The Morgan fingerprint density at radius 2 is 1.90 bits per heavy atom. The summed E-state index contributed by atoms with van der Waals surface area (Å²) in [4.78, 5) is 24.1. The number of sulfonamides is 1. The van der Waals surface area contributed by atoms with E-state index >= 15 is 0 Å². The van der Waals surface area contributed by atoms with Crippen molar-refractivity contribution in [3.63, 3.8) is 0 Å². The summed E-state index contributed by atoms with van der Waals surface area (Å²) in [5.74, 6) is -0.645. The SMILES string of the molecule is COC(=O)c1ccccc1S(=O)(=O)N1CCC(n2cc(C(=O)NCC(C)C)nn2)CC1. The van der Waals surface area contributed by atoms with Crippen LogP contribution in [0.25, 0.3) is 0 Å². The Labute approximate surface area is 181 Å². The zero-order chi connectivity index (χ0) is 22.6. The van der Waals surface area contributed by atoms with Crippen LogP contribution in [0, 0.1) is 5.92 Å². The lowest BCUT2D eigenvalue weighted by molar-refractivity contribution is 0.0596. The van der Waals surface area contributed by atoms with Gasteiger partial charge in [-0.05, 0) is 30.9 Å². The number of piperidine rings is 1. The average molecular weight is 450 g/mol. The van der Waals surface area contributed by atoms with Gasteiger partial charge in [0, 0.05) is 19.6 Å². The van der Waals surface area contributed by atoms with Crippen LogP contribution in [0.4, 0.5) is 0 Å². The van der Waals surface area contributed by atoms with E-state index in [9.17, 15) is 18.0 Å². The van der Waals surface area contributed by atoms with Crippen LogP contribution in [0.1, 0.15) is 53.6 Å². The molecule has 2 aromatic rings. The fourth-order valence-electron chi connectivity index (χ4n) is 3.40. The molecule has 2 heterocycles. The van der Waals surface area contributed by atoms with E-state index in [0.717, 1.165) is 0 Å². The van der Waals surface area contributed by atoms with E-state index < -0.39 is 16.0 Å². The molecule has 3 rings (SSSR count). The van der Waals surface area contributed by atoms with Crippen molar-refractivity contribution >= 4 is 21.9 Å². The van der Waals surface area contributed by atoms with Gasteiger partial charge in [-0.2, -0.15) is 4.31 Å². The molecular formula is C20H27N5O5S. The first-order valence-corrected chi connectivity index (χ1v) is 11.6. The number of benzene rings is 1. The fourth-order valence-corrected chi connectivity index (χ4v) is 5.05. The van der Waals surface area contributed by atoms with E-state index in [0.29, 0.717) is 25.3 Å². The number of methoxy groups -OCH3 is 1. The molecule has 0 aliphatic carbocycles. The quantitative estimate of drug-likeness (QED) is 0.635. The van der Waals surface area contributed by atoms with Gasteiger partial charge in [-0.3, -0.25) is 4.79 Å². The minimum atomic E-state index is -3.85. The second kappa shape index (κ2) is 9.56. The Hall–Kier alpha value is -2.79. The lowest BCUT2D eigenvalue weighted by Crippen LogP contribution is -2.39. The van der Waals surface area contributed by atoms with Crippen LogP contribution in [-0.2, 0) is 14.8 Å². The number of nitrogens with zero attached hydrogens (tertiary/aromatic N) is 4. The number of rotatable bonds is 7. The lowest BCUT2D eigenvalue weighted by atomic mass is 10.1. The number of nitrogens with one attached hydrogen (secondary N) is 1. The molecule has 10 nitrogen and oxygen atoms in total. The number of aromatic nitrogens is 3. The highest BCUT2D eigenvalue weighted by Crippen LogP contribution is 2.28. The lowest BCUT2D eigenvalue weighted by Gasteiger charge is -2.31. The summed E-state index contributed by atoms with van der Waals surface area (Å²) in [6, 6.07) is 5.95. The van der Waals surface area contributed by atoms with Crippen LogP contribution in [-0.4, -0.2) is 66.3 Å². The van der Waals surface area contributed by atoms with E-state index in [1.54, 1.807) is 23.0 Å². The summed E-state index contributed by atoms with van der Waals surface area (Å²) in [6.07, 6.45) is 2.61. The standard InChI is InChI=1S/C20H27N5O5S/c1-14(2)12-21-19(26)17-13-25(23-22-17)15-8-10-24(11-9-15)31(28,29)18-7-5-4-6-16(18)20(27)30-3/h4-7,13-15H,8-12H2,1-3H3,(H,21,26). The largest absolute Gasteiger partial charge is 0.465 e. The molecule has 1 amide bonds. The van der Waals surface area contributed by atoms with Gasteiger partial charge in [0.05, 0.1) is 29.8 Å². The first-order valence-electron chi connectivity index (χ1n) is 10.1. The van der Waals surface area contributed by atoms with Crippen LogP contribution in [0.3, 0.4) is 0 Å². The smallest absolute Gasteiger partial charge is 0.339 e. The van der Waals surface area contributed by atoms with Crippen molar-refractivity contribution in [2.24, 2.45) is 5.92 Å². The Morgan fingerprint density at radius 1 is 1.23 bits per heavy atom. The summed E-state index contributed by atoms with van der Waals surface area (Å²) in [6.45, 7) is 5.08. The van der Waals surface area contributed by atoms with Gasteiger partial charge >= 0.3 is 5.97 Å². The predicted molar refractivity (Wildman–Crippen MR) is 112 cm³/mol. The van der Waals surface area contributed by atoms with Crippen molar-refractivity contribution in [2.45, 2.75) is 37.6 Å². The van der Waals surface area contributed by atoms with Gasteiger partial charge in [0.25, 0.3) is 5.91 Å². The summed E-state index contributed by atoms with van der Waals surface area (Å²) >= 11 is 0. The van der Waals surface area contributed by atoms with Crippen molar-refractivity contribution in [2.75, 3.05) is 26.7 Å². The zero-order valence-electron chi connectivity index (χ0n) is 17.8. The van der Waals surface area contributed by atoms with E-state index in [1.807, 2.05) is 13.8 Å².